The van der Waals surface area contributed by atoms with Crippen LogP contribution in [0.3, 0.4) is 0 Å². The molecule has 4 atom stereocenters. The molecule has 0 N–H and O–H groups in total. The summed E-state index contributed by atoms with van der Waals surface area (Å²) in [6, 6.07) is 44.4. The van der Waals surface area contributed by atoms with E-state index in [0.29, 0.717) is 17.9 Å². The van der Waals surface area contributed by atoms with E-state index in [2.05, 4.69) is 153 Å². The summed E-state index contributed by atoms with van der Waals surface area (Å²) in [6.45, 7) is 10.2. The van der Waals surface area contributed by atoms with E-state index < -0.39 is 8.32 Å². The van der Waals surface area contributed by atoms with Gasteiger partial charge in [0.25, 0.3) is 8.32 Å². The Bertz CT molecular complexity index is 1350. The average Bonchev–Trinajstić information content (AvgIpc) is 3.02. The summed E-state index contributed by atoms with van der Waals surface area (Å²) in [4.78, 5) is 2.73. The molecule has 0 radical (unpaired) electrons. The van der Waals surface area contributed by atoms with E-state index in [1.54, 1.807) is 0 Å². The van der Waals surface area contributed by atoms with Gasteiger partial charge in [-0.05, 0) is 63.3 Å². The van der Waals surface area contributed by atoms with Gasteiger partial charge in [0.2, 0.25) is 0 Å². The Morgan fingerprint density at radius 3 is 1.68 bits per heavy atom. The Morgan fingerprint density at radius 2 is 1.24 bits per heavy atom. The molecule has 0 aromatic heterocycles. The van der Waals surface area contributed by atoms with E-state index >= 15 is 0 Å². The lowest BCUT2D eigenvalue weighted by Gasteiger charge is -2.51. The van der Waals surface area contributed by atoms with Crippen LogP contribution in [0, 0.1) is 11.8 Å². The van der Waals surface area contributed by atoms with Crippen LogP contribution in [0.15, 0.2) is 127 Å². The second-order valence-electron chi connectivity index (χ2n) is 12.9. The van der Waals surface area contributed by atoms with Crippen molar-refractivity contribution in [1.82, 2.24) is 4.90 Å². The van der Waals surface area contributed by atoms with Crippen molar-refractivity contribution in [2.24, 2.45) is 11.8 Å². The average molecular weight is 558 g/mol. The molecule has 3 aliphatic heterocycles. The maximum absolute atomic E-state index is 7.40. The quantitative estimate of drug-likeness (QED) is 0.209. The van der Waals surface area contributed by atoms with Crippen molar-refractivity contribution in [3.63, 3.8) is 0 Å². The third kappa shape index (κ3) is 5.64. The SMILES string of the molecule is CC(C)(C)[Si](OC[C@@H]1C[C@H]2CCN1C[C@H]2C=C(c1ccccc1)c1ccccc1)(c1ccccc1)c1ccccc1. The van der Waals surface area contributed by atoms with Crippen molar-refractivity contribution in [2.45, 2.75) is 44.7 Å². The fourth-order valence-electron chi connectivity index (χ4n) is 7.33. The molecule has 3 saturated heterocycles. The van der Waals surface area contributed by atoms with Crippen LogP contribution in [-0.4, -0.2) is 39.0 Å². The molecule has 4 aromatic carbocycles. The van der Waals surface area contributed by atoms with Gasteiger partial charge in [0.05, 0.1) is 6.61 Å². The number of hydrogen-bond acceptors (Lipinski definition) is 2. The Labute approximate surface area is 247 Å². The molecule has 210 valence electrons. The highest BCUT2D eigenvalue weighted by atomic mass is 28.4. The molecule has 2 nitrogen and oxygen atoms in total. The van der Waals surface area contributed by atoms with Crippen molar-refractivity contribution in [3.05, 3.63) is 139 Å². The standard InChI is InChI=1S/C38H43NOSi/c1-38(2,3)41(35-20-12-6-13-21-35,36-22-14-7-15-23-36)40-29-34-26-32-24-25-39(34)28-33(32)27-37(30-16-8-4-9-17-30)31-18-10-5-11-19-31/h4-23,27,32-34H,24-26,28-29H2,1-3H3/t32-,33-,34+/m1/s1. The highest BCUT2D eigenvalue weighted by Crippen LogP contribution is 2.41. The molecule has 41 heavy (non-hydrogen) atoms. The van der Waals surface area contributed by atoms with Crippen molar-refractivity contribution >= 4 is 24.3 Å². The predicted octanol–water partition coefficient (Wildman–Crippen LogP) is 7.41. The lowest BCUT2D eigenvalue weighted by molar-refractivity contribution is -0.00314. The van der Waals surface area contributed by atoms with E-state index in [4.69, 9.17) is 4.43 Å². The first kappa shape index (κ1) is 27.9. The van der Waals surface area contributed by atoms with Crippen LogP contribution >= 0.6 is 0 Å². The van der Waals surface area contributed by atoms with Gasteiger partial charge >= 0.3 is 0 Å². The fourth-order valence-corrected chi connectivity index (χ4v) is 11.9. The molecular formula is C38H43NOSi. The molecule has 4 aromatic rings. The van der Waals surface area contributed by atoms with Crippen molar-refractivity contribution < 1.29 is 4.43 Å². The fraction of sp³-hybridized carbons (Fsp3) is 0.316. The van der Waals surface area contributed by atoms with Gasteiger partial charge in [0.15, 0.2) is 0 Å². The molecule has 0 aliphatic carbocycles. The van der Waals surface area contributed by atoms with Crippen molar-refractivity contribution in [1.29, 1.82) is 0 Å². The zero-order chi connectivity index (χ0) is 28.3. The molecule has 0 saturated carbocycles. The van der Waals surface area contributed by atoms with Crippen LogP contribution in [0.25, 0.3) is 5.57 Å². The second kappa shape index (κ2) is 11.9. The Kier molecular flexibility index (Phi) is 8.12. The maximum Gasteiger partial charge on any atom is 0.261 e. The molecule has 7 rings (SSSR count). The van der Waals surface area contributed by atoms with E-state index in [1.807, 2.05) is 0 Å². The first-order valence-corrected chi connectivity index (χ1v) is 17.2. The van der Waals surface area contributed by atoms with Gasteiger partial charge in [-0.2, -0.15) is 0 Å². The van der Waals surface area contributed by atoms with Crippen LogP contribution in [-0.2, 0) is 4.43 Å². The van der Waals surface area contributed by atoms with Crippen LogP contribution in [0.1, 0.15) is 44.7 Å². The van der Waals surface area contributed by atoms with Crippen LogP contribution in [0.5, 0.6) is 0 Å². The number of benzene rings is 4. The normalized spacial score (nSPS) is 22.3. The van der Waals surface area contributed by atoms with Crippen molar-refractivity contribution in [2.75, 3.05) is 19.7 Å². The highest BCUT2D eigenvalue weighted by molar-refractivity contribution is 6.99. The van der Waals surface area contributed by atoms with E-state index in [9.17, 15) is 0 Å². The molecule has 0 amide bonds. The Morgan fingerprint density at radius 1 is 0.756 bits per heavy atom. The van der Waals surface area contributed by atoms with Gasteiger partial charge in [-0.1, -0.05) is 148 Å². The first-order valence-electron chi connectivity index (χ1n) is 15.3. The minimum absolute atomic E-state index is 0.00423. The third-order valence-corrected chi connectivity index (χ3v) is 14.4. The summed E-state index contributed by atoms with van der Waals surface area (Å²) >= 11 is 0. The van der Waals surface area contributed by atoms with Gasteiger partial charge in [-0.25, -0.2) is 0 Å². The number of hydrogen-bond donors (Lipinski definition) is 0. The summed E-state index contributed by atoms with van der Waals surface area (Å²) in [5.74, 6) is 1.25. The Balaban J connectivity index is 1.27. The third-order valence-electron chi connectivity index (χ3n) is 9.39. The molecule has 1 unspecified atom stereocenters. The van der Waals surface area contributed by atoms with Crippen LogP contribution in [0.4, 0.5) is 0 Å². The van der Waals surface area contributed by atoms with Gasteiger partial charge in [-0.3, -0.25) is 4.90 Å². The van der Waals surface area contributed by atoms with Gasteiger partial charge in [-0.15, -0.1) is 0 Å². The maximum atomic E-state index is 7.40. The summed E-state index contributed by atoms with van der Waals surface area (Å²) in [5, 5.41) is 2.74. The molecular weight excluding hydrogens is 515 g/mol. The molecule has 3 fully saturated rings. The Hall–Kier alpha value is -3.24. The predicted molar refractivity (Wildman–Crippen MR) is 175 cm³/mol. The minimum atomic E-state index is -2.53. The molecule has 3 heterocycles. The largest absolute Gasteiger partial charge is 0.406 e. The monoisotopic (exact) mass is 557 g/mol. The van der Waals surface area contributed by atoms with Gasteiger partial charge in [0, 0.05) is 12.6 Å². The van der Waals surface area contributed by atoms with E-state index in [0.717, 1.165) is 13.2 Å². The summed E-state index contributed by atoms with van der Waals surface area (Å²) < 4.78 is 7.40. The number of nitrogens with zero attached hydrogens (tertiary/aromatic N) is 1. The smallest absolute Gasteiger partial charge is 0.261 e. The lowest BCUT2D eigenvalue weighted by atomic mass is 9.74. The number of rotatable bonds is 8. The highest BCUT2D eigenvalue weighted by Gasteiger charge is 2.51. The zero-order valence-corrected chi connectivity index (χ0v) is 25.7. The van der Waals surface area contributed by atoms with Crippen molar-refractivity contribution in [3.8, 4) is 0 Å². The zero-order valence-electron chi connectivity index (χ0n) is 24.7. The van der Waals surface area contributed by atoms with Crippen LogP contribution in [0.2, 0.25) is 5.04 Å². The second-order valence-corrected chi connectivity index (χ2v) is 17.2. The first-order chi connectivity index (χ1) is 20.0. The number of piperidine rings is 3. The summed E-state index contributed by atoms with van der Waals surface area (Å²) in [6.07, 6.45) is 5.06. The van der Waals surface area contributed by atoms with E-state index in [1.165, 1.54) is 46.5 Å². The van der Waals surface area contributed by atoms with Gasteiger partial charge in [0.1, 0.15) is 0 Å². The lowest BCUT2D eigenvalue weighted by Crippen LogP contribution is -2.68. The summed E-state index contributed by atoms with van der Waals surface area (Å²) in [7, 11) is -2.53. The molecule has 2 bridgehead atoms. The topological polar surface area (TPSA) is 12.5 Å². The van der Waals surface area contributed by atoms with Gasteiger partial charge < -0.3 is 4.43 Å². The summed E-state index contributed by atoms with van der Waals surface area (Å²) in [5.41, 5.74) is 3.98. The van der Waals surface area contributed by atoms with E-state index in [-0.39, 0.29) is 5.04 Å². The van der Waals surface area contributed by atoms with Crippen LogP contribution < -0.4 is 10.4 Å². The molecule has 3 heteroatoms. The number of fused-ring (bicyclic) bond motifs is 3. The molecule has 0 spiro atoms. The molecule has 3 aliphatic rings. The minimum Gasteiger partial charge on any atom is -0.406 e.